The third-order valence-electron chi connectivity index (χ3n) is 1.37. The minimum atomic E-state index is -1.55. The predicted molar refractivity (Wildman–Crippen MR) is 50.9 cm³/mol. The monoisotopic (exact) mass is 244 g/mol. The van der Waals surface area contributed by atoms with Gasteiger partial charge in [-0.05, 0) is 23.8 Å². The molecule has 0 aromatic heterocycles. The number of hydrogen-bond donors (Lipinski definition) is 1. The van der Waals surface area contributed by atoms with Crippen LogP contribution in [0, 0.1) is 0 Å². The Balaban J connectivity index is 2.92. The van der Waals surface area contributed by atoms with E-state index in [1.807, 2.05) is 0 Å². The lowest BCUT2D eigenvalue weighted by Gasteiger charge is -1.93. The highest BCUT2D eigenvalue weighted by molar-refractivity contribution is 9.10. The lowest BCUT2D eigenvalue weighted by Crippen LogP contribution is -1.93. The summed E-state index contributed by atoms with van der Waals surface area (Å²) in [5.41, 5.74) is 0.517. The van der Waals surface area contributed by atoms with Crippen LogP contribution in [0.3, 0.4) is 0 Å². The lowest BCUT2D eigenvalue weighted by atomic mass is 10.2. The average Bonchev–Trinajstić information content (AvgIpc) is 2.08. The fourth-order valence-corrected chi connectivity index (χ4v) is 1.03. The fraction of sp³-hybridized carbons (Fsp3) is 0. The Morgan fingerprint density at radius 1 is 1.38 bits per heavy atom. The van der Waals surface area contributed by atoms with Crippen LogP contribution < -0.4 is 0 Å². The second-order valence-electron chi connectivity index (χ2n) is 2.35. The first-order valence-corrected chi connectivity index (χ1v) is 4.25. The van der Waals surface area contributed by atoms with Crippen molar-refractivity contribution in [3.05, 3.63) is 40.1 Å². The summed E-state index contributed by atoms with van der Waals surface area (Å²) in [6, 6.07) is 6.65. The third kappa shape index (κ3) is 2.99. The molecule has 0 atom stereocenters. The molecule has 0 aliphatic carbocycles. The molecular weight excluding hydrogens is 239 g/mol. The van der Waals surface area contributed by atoms with Crippen LogP contribution in [0.1, 0.15) is 5.56 Å². The molecule has 0 amide bonds. The quantitative estimate of drug-likeness (QED) is 0.813. The maximum atomic E-state index is 12.6. The summed E-state index contributed by atoms with van der Waals surface area (Å²) in [6.45, 7) is 0. The van der Waals surface area contributed by atoms with Gasteiger partial charge in [-0.3, -0.25) is 0 Å². The Hall–Kier alpha value is -1.16. The summed E-state index contributed by atoms with van der Waals surface area (Å²) >= 11 is 3.21. The number of halogens is 2. The van der Waals surface area contributed by atoms with Crippen LogP contribution in [-0.2, 0) is 4.79 Å². The van der Waals surface area contributed by atoms with Gasteiger partial charge in [0.05, 0.1) is 0 Å². The average molecular weight is 245 g/mol. The van der Waals surface area contributed by atoms with E-state index in [0.29, 0.717) is 5.56 Å². The predicted octanol–water partition coefficient (Wildman–Crippen LogP) is 2.84. The van der Waals surface area contributed by atoms with Crippen molar-refractivity contribution in [1.29, 1.82) is 0 Å². The first-order chi connectivity index (χ1) is 6.09. The Morgan fingerprint density at radius 3 is 2.38 bits per heavy atom. The van der Waals surface area contributed by atoms with Gasteiger partial charge in [-0.15, -0.1) is 0 Å². The summed E-state index contributed by atoms with van der Waals surface area (Å²) in [5, 5.41) is 8.25. The van der Waals surface area contributed by atoms with Crippen LogP contribution in [0.2, 0.25) is 0 Å². The third-order valence-corrected chi connectivity index (χ3v) is 1.90. The molecule has 0 fully saturated rings. The minimum Gasteiger partial charge on any atom is -0.476 e. The van der Waals surface area contributed by atoms with E-state index in [1.165, 1.54) is 0 Å². The van der Waals surface area contributed by atoms with Crippen LogP contribution in [0.15, 0.2) is 34.6 Å². The van der Waals surface area contributed by atoms with Crippen LogP contribution in [-0.4, -0.2) is 11.1 Å². The molecule has 1 rings (SSSR count). The zero-order chi connectivity index (χ0) is 9.84. The molecule has 4 heteroatoms. The van der Waals surface area contributed by atoms with Gasteiger partial charge in [-0.25, -0.2) is 4.79 Å². The normalized spacial score (nSPS) is 11.4. The maximum Gasteiger partial charge on any atom is 0.364 e. The molecule has 1 N–H and O–H groups in total. The van der Waals surface area contributed by atoms with E-state index in [4.69, 9.17) is 5.11 Å². The van der Waals surface area contributed by atoms with E-state index in [9.17, 15) is 9.18 Å². The summed E-state index contributed by atoms with van der Waals surface area (Å²) < 4.78 is 13.4. The molecule has 0 saturated heterocycles. The Morgan fingerprint density at radius 2 is 1.92 bits per heavy atom. The minimum absolute atomic E-state index is 0.517. The number of aliphatic carboxylic acids is 1. The molecule has 0 bridgehead atoms. The second kappa shape index (κ2) is 4.18. The molecule has 0 unspecified atom stereocenters. The van der Waals surface area contributed by atoms with Gasteiger partial charge in [0.2, 0.25) is 5.83 Å². The summed E-state index contributed by atoms with van der Waals surface area (Å²) in [5.74, 6) is -2.72. The first kappa shape index (κ1) is 9.92. The van der Waals surface area contributed by atoms with E-state index in [-0.39, 0.29) is 0 Å². The molecular formula is C9H6BrFO2. The molecule has 0 aliphatic heterocycles. The first-order valence-electron chi connectivity index (χ1n) is 3.45. The molecule has 1 aromatic rings. The Labute approximate surface area is 82.8 Å². The summed E-state index contributed by atoms with van der Waals surface area (Å²) in [6.07, 6.45) is 0.967. The van der Waals surface area contributed by atoms with Crippen molar-refractivity contribution >= 4 is 28.0 Å². The second-order valence-corrected chi connectivity index (χ2v) is 3.26. The van der Waals surface area contributed by atoms with E-state index in [0.717, 1.165) is 10.5 Å². The summed E-state index contributed by atoms with van der Waals surface area (Å²) in [4.78, 5) is 10.1. The maximum absolute atomic E-state index is 12.6. The van der Waals surface area contributed by atoms with Gasteiger partial charge in [-0.1, -0.05) is 28.1 Å². The highest BCUT2D eigenvalue weighted by atomic mass is 79.9. The molecule has 0 heterocycles. The lowest BCUT2D eigenvalue weighted by molar-refractivity contribution is -0.134. The fourth-order valence-electron chi connectivity index (χ4n) is 0.767. The zero-order valence-electron chi connectivity index (χ0n) is 6.50. The number of benzene rings is 1. The standard InChI is InChI=1S/C9H6BrFO2/c10-7-3-1-6(2-4-7)5-8(11)9(12)13/h1-5H,(H,12,13). The van der Waals surface area contributed by atoms with Gasteiger partial charge in [0.15, 0.2) is 0 Å². The van der Waals surface area contributed by atoms with Crippen LogP contribution >= 0.6 is 15.9 Å². The number of carboxylic acids is 1. The van der Waals surface area contributed by atoms with Crippen LogP contribution in [0.5, 0.6) is 0 Å². The molecule has 2 nitrogen and oxygen atoms in total. The molecule has 1 aromatic carbocycles. The van der Waals surface area contributed by atoms with Gasteiger partial charge in [0.25, 0.3) is 0 Å². The Kier molecular flexibility index (Phi) is 3.19. The highest BCUT2D eigenvalue weighted by Gasteiger charge is 2.04. The number of rotatable bonds is 2. The van der Waals surface area contributed by atoms with E-state index in [2.05, 4.69) is 15.9 Å². The van der Waals surface area contributed by atoms with Crippen molar-refractivity contribution in [2.24, 2.45) is 0 Å². The Bertz CT molecular complexity index is 343. The molecule has 0 saturated carbocycles. The van der Waals surface area contributed by atoms with Crippen LogP contribution in [0.25, 0.3) is 6.08 Å². The number of carbonyl (C=O) groups is 1. The van der Waals surface area contributed by atoms with E-state index < -0.39 is 11.8 Å². The van der Waals surface area contributed by atoms with Crippen molar-refractivity contribution in [2.75, 3.05) is 0 Å². The van der Waals surface area contributed by atoms with Gasteiger partial charge < -0.3 is 5.11 Å². The van der Waals surface area contributed by atoms with Crippen LogP contribution in [0.4, 0.5) is 4.39 Å². The summed E-state index contributed by atoms with van der Waals surface area (Å²) in [7, 11) is 0. The van der Waals surface area contributed by atoms with E-state index in [1.54, 1.807) is 24.3 Å². The number of hydrogen-bond acceptors (Lipinski definition) is 1. The molecule has 0 radical (unpaired) electrons. The van der Waals surface area contributed by atoms with Gasteiger partial charge in [0, 0.05) is 4.47 Å². The van der Waals surface area contributed by atoms with Crippen molar-refractivity contribution < 1.29 is 14.3 Å². The highest BCUT2D eigenvalue weighted by Crippen LogP contribution is 2.13. The van der Waals surface area contributed by atoms with Gasteiger partial charge in [-0.2, -0.15) is 4.39 Å². The van der Waals surface area contributed by atoms with Gasteiger partial charge >= 0.3 is 5.97 Å². The molecule has 68 valence electrons. The van der Waals surface area contributed by atoms with Crippen molar-refractivity contribution in [3.63, 3.8) is 0 Å². The van der Waals surface area contributed by atoms with Crippen molar-refractivity contribution in [2.45, 2.75) is 0 Å². The number of carboxylic acid groups (broad SMARTS) is 1. The van der Waals surface area contributed by atoms with E-state index >= 15 is 0 Å². The van der Waals surface area contributed by atoms with Crippen molar-refractivity contribution in [3.8, 4) is 0 Å². The topological polar surface area (TPSA) is 37.3 Å². The van der Waals surface area contributed by atoms with Gasteiger partial charge in [0.1, 0.15) is 0 Å². The molecule has 13 heavy (non-hydrogen) atoms. The smallest absolute Gasteiger partial charge is 0.364 e. The zero-order valence-corrected chi connectivity index (χ0v) is 8.08. The molecule has 0 spiro atoms. The SMILES string of the molecule is O=C(O)C(F)=Cc1ccc(Br)cc1. The van der Waals surface area contributed by atoms with Crippen molar-refractivity contribution in [1.82, 2.24) is 0 Å². The molecule has 0 aliphatic rings. The largest absolute Gasteiger partial charge is 0.476 e.